The number of rotatable bonds is 7. The Bertz CT molecular complexity index is 1100. The van der Waals surface area contributed by atoms with Gasteiger partial charge < -0.3 is 9.73 Å². The van der Waals surface area contributed by atoms with Crippen molar-refractivity contribution in [3.63, 3.8) is 0 Å². The Hall–Kier alpha value is -2.91. The number of anilines is 1. The molecule has 1 amide bonds. The molecule has 0 atom stereocenters. The zero-order chi connectivity index (χ0) is 20.2. The van der Waals surface area contributed by atoms with Gasteiger partial charge in [0.2, 0.25) is 5.91 Å². The first-order chi connectivity index (χ1) is 14.1. The molecule has 148 valence electrons. The Balaban J connectivity index is 1.38. The fourth-order valence-corrected chi connectivity index (χ4v) is 4.28. The van der Waals surface area contributed by atoms with Gasteiger partial charge in [-0.3, -0.25) is 9.36 Å². The molecule has 0 aliphatic rings. The number of hydrogen-bond acceptors (Lipinski definition) is 7. The third-order valence-corrected chi connectivity index (χ3v) is 5.93. The number of carbonyl (C=O) groups is 1. The highest BCUT2D eigenvalue weighted by atomic mass is 32.2. The largest absolute Gasteiger partial charge is 0.461 e. The third-order valence-electron chi connectivity index (χ3n) is 4.20. The molecule has 0 fully saturated rings. The number of thiazole rings is 1. The minimum Gasteiger partial charge on any atom is -0.461 e. The van der Waals surface area contributed by atoms with Gasteiger partial charge in [0.05, 0.1) is 17.7 Å². The van der Waals surface area contributed by atoms with Gasteiger partial charge in [-0.05, 0) is 26.0 Å². The normalized spacial score (nSPS) is 11.0. The summed E-state index contributed by atoms with van der Waals surface area (Å²) in [5.41, 5.74) is 3.08. The van der Waals surface area contributed by atoms with Gasteiger partial charge >= 0.3 is 0 Å². The van der Waals surface area contributed by atoms with Gasteiger partial charge in [0.15, 0.2) is 21.9 Å². The van der Waals surface area contributed by atoms with E-state index in [0.717, 1.165) is 11.3 Å². The predicted molar refractivity (Wildman–Crippen MR) is 115 cm³/mol. The van der Waals surface area contributed by atoms with E-state index in [4.69, 9.17) is 4.42 Å². The van der Waals surface area contributed by atoms with Gasteiger partial charge in [0.25, 0.3) is 0 Å². The van der Waals surface area contributed by atoms with Gasteiger partial charge in [-0.15, -0.1) is 21.5 Å². The third kappa shape index (κ3) is 4.41. The number of carbonyl (C=O) groups excluding carboxylic acids is 1. The lowest BCUT2D eigenvalue weighted by Gasteiger charge is -2.05. The topological polar surface area (TPSA) is 85.8 Å². The molecule has 1 aromatic carbocycles. The molecule has 1 N–H and O–H groups in total. The number of thioether (sulfide) groups is 1. The number of aryl methyl sites for hydroxylation is 1. The molecule has 0 spiro atoms. The smallest absolute Gasteiger partial charge is 0.236 e. The number of nitrogens with zero attached hydrogens (tertiary/aromatic N) is 4. The summed E-state index contributed by atoms with van der Waals surface area (Å²) in [6.45, 7) is 4.73. The average Bonchev–Trinajstić information content (AvgIpc) is 3.47. The summed E-state index contributed by atoms with van der Waals surface area (Å²) in [6.07, 6.45) is 1.60. The molecule has 0 bridgehead atoms. The number of amides is 1. The summed E-state index contributed by atoms with van der Waals surface area (Å²) in [7, 11) is 0. The minimum absolute atomic E-state index is 0.134. The first-order valence-electron chi connectivity index (χ1n) is 9.06. The summed E-state index contributed by atoms with van der Waals surface area (Å²) in [6, 6.07) is 11.8. The predicted octanol–water partition coefficient (Wildman–Crippen LogP) is 4.72. The first-order valence-corrected chi connectivity index (χ1v) is 10.9. The van der Waals surface area contributed by atoms with Gasteiger partial charge in [-0.25, -0.2) is 4.98 Å². The molecule has 3 heterocycles. The van der Waals surface area contributed by atoms with Crippen molar-refractivity contribution >= 4 is 34.1 Å². The molecule has 4 rings (SSSR count). The fraction of sp³-hybridized carbons (Fsp3) is 0.200. The zero-order valence-electron chi connectivity index (χ0n) is 16.0. The second-order valence-electron chi connectivity index (χ2n) is 6.27. The molecule has 3 aromatic heterocycles. The van der Waals surface area contributed by atoms with Crippen LogP contribution in [-0.2, 0) is 11.3 Å². The highest BCUT2D eigenvalue weighted by Crippen LogP contribution is 2.27. The van der Waals surface area contributed by atoms with E-state index in [1.54, 1.807) is 6.26 Å². The van der Waals surface area contributed by atoms with Crippen LogP contribution in [0.4, 0.5) is 5.13 Å². The van der Waals surface area contributed by atoms with Crippen LogP contribution < -0.4 is 5.32 Å². The molecule has 7 nitrogen and oxygen atoms in total. The maximum Gasteiger partial charge on any atom is 0.236 e. The van der Waals surface area contributed by atoms with E-state index in [-0.39, 0.29) is 11.7 Å². The lowest BCUT2D eigenvalue weighted by Crippen LogP contribution is -2.14. The van der Waals surface area contributed by atoms with Crippen LogP contribution in [0, 0.1) is 6.92 Å². The van der Waals surface area contributed by atoms with E-state index in [1.807, 2.05) is 60.2 Å². The van der Waals surface area contributed by atoms with Crippen LogP contribution in [0.25, 0.3) is 22.8 Å². The van der Waals surface area contributed by atoms with Crippen LogP contribution in [0.1, 0.15) is 12.5 Å². The highest BCUT2D eigenvalue weighted by molar-refractivity contribution is 7.99. The summed E-state index contributed by atoms with van der Waals surface area (Å²) >= 11 is 2.75. The van der Waals surface area contributed by atoms with Crippen LogP contribution >= 0.6 is 23.1 Å². The molecule has 0 aliphatic heterocycles. The minimum atomic E-state index is -0.134. The standard InChI is InChI=1S/C20H19N5O2S2/c1-3-25-18(16-5-4-10-27-16)23-24-20(25)29-12-17(26)22-19-21-15(11-28-19)14-8-6-13(2)7-9-14/h4-11H,3,12H2,1-2H3,(H,21,22,26). The molecule has 0 unspecified atom stereocenters. The van der Waals surface area contributed by atoms with Crippen molar-refractivity contribution in [2.75, 3.05) is 11.1 Å². The maximum atomic E-state index is 12.4. The monoisotopic (exact) mass is 425 g/mol. The number of hydrogen-bond donors (Lipinski definition) is 1. The quantitative estimate of drug-likeness (QED) is 0.431. The Labute approximate surface area is 176 Å². The van der Waals surface area contributed by atoms with Crippen molar-refractivity contribution in [3.8, 4) is 22.8 Å². The molecule has 0 saturated heterocycles. The van der Waals surface area contributed by atoms with Crippen LogP contribution in [0.2, 0.25) is 0 Å². The van der Waals surface area contributed by atoms with Crippen molar-refractivity contribution < 1.29 is 9.21 Å². The Kier molecular flexibility index (Phi) is 5.77. The Morgan fingerprint density at radius 3 is 2.79 bits per heavy atom. The van der Waals surface area contributed by atoms with Gasteiger partial charge in [-0.1, -0.05) is 41.6 Å². The average molecular weight is 426 g/mol. The van der Waals surface area contributed by atoms with Crippen LogP contribution in [0.15, 0.2) is 57.6 Å². The summed E-state index contributed by atoms with van der Waals surface area (Å²) in [5, 5.41) is 14.4. The van der Waals surface area contributed by atoms with Crippen molar-refractivity contribution in [1.82, 2.24) is 19.7 Å². The van der Waals surface area contributed by atoms with E-state index in [9.17, 15) is 4.79 Å². The molecule has 0 aliphatic carbocycles. The lowest BCUT2D eigenvalue weighted by molar-refractivity contribution is -0.113. The Morgan fingerprint density at radius 1 is 1.24 bits per heavy atom. The van der Waals surface area contributed by atoms with Gasteiger partial charge in [-0.2, -0.15) is 0 Å². The molecule has 9 heteroatoms. The molecule has 0 radical (unpaired) electrons. The second kappa shape index (κ2) is 8.62. The summed E-state index contributed by atoms with van der Waals surface area (Å²) in [4.78, 5) is 16.9. The molecule has 29 heavy (non-hydrogen) atoms. The van der Waals surface area contributed by atoms with Gasteiger partial charge in [0, 0.05) is 17.5 Å². The Morgan fingerprint density at radius 2 is 2.07 bits per heavy atom. The van der Waals surface area contributed by atoms with Crippen molar-refractivity contribution in [2.45, 2.75) is 25.5 Å². The molecule has 4 aromatic rings. The molecular formula is C20H19N5O2S2. The molecular weight excluding hydrogens is 406 g/mol. The van der Waals surface area contributed by atoms with Crippen LogP contribution in [-0.4, -0.2) is 31.4 Å². The first kappa shape index (κ1) is 19.4. The van der Waals surface area contributed by atoms with E-state index in [2.05, 4.69) is 20.5 Å². The number of furan rings is 1. The highest BCUT2D eigenvalue weighted by Gasteiger charge is 2.16. The SMILES string of the molecule is CCn1c(SCC(=O)Nc2nc(-c3ccc(C)cc3)cs2)nnc1-c1ccco1. The van der Waals surface area contributed by atoms with E-state index in [1.165, 1.54) is 28.7 Å². The number of nitrogens with one attached hydrogen (secondary N) is 1. The second-order valence-corrected chi connectivity index (χ2v) is 8.07. The number of aromatic nitrogens is 4. The van der Waals surface area contributed by atoms with E-state index < -0.39 is 0 Å². The van der Waals surface area contributed by atoms with Crippen LogP contribution in [0.3, 0.4) is 0 Å². The summed E-state index contributed by atoms with van der Waals surface area (Å²) < 4.78 is 7.33. The van der Waals surface area contributed by atoms with Crippen molar-refractivity contribution in [1.29, 1.82) is 0 Å². The van der Waals surface area contributed by atoms with Gasteiger partial charge in [0.1, 0.15) is 0 Å². The van der Waals surface area contributed by atoms with Crippen molar-refractivity contribution in [2.24, 2.45) is 0 Å². The zero-order valence-corrected chi connectivity index (χ0v) is 17.6. The summed E-state index contributed by atoms with van der Waals surface area (Å²) in [5.74, 6) is 1.39. The van der Waals surface area contributed by atoms with Crippen molar-refractivity contribution in [3.05, 3.63) is 53.6 Å². The van der Waals surface area contributed by atoms with Crippen LogP contribution in [0.5, 0.6) is 0 Å². The fourth-order valence-electron chi connectivity index (χ4n) is 2.74. The van der Waals surface area contributed by atoms with E-state index in [0.29, 0.717) is 28.4 Å². The molecule has 0 saturated carbocycles. The lowest BCUT2D eigenvalue weighted by atomic mass is 10.1. The number of benzene rings is 1. The van der Waals surface area contributed by atoms with E-state index >= 15 is 0 Å². The maximum absolute atomic E-state index is 12.4.